The predicted octanol–water partition coefficient (Wildman–Crippen LogP) is 3.78. The lowest BCUT2D eigenvalue weighted by Crippen LogP contribution is -1.92. The average molecular weight is 240 g/mol. The quantitative estimate of drug-likeness (QED) is 0.701. The van der Waals surface area contributed by atoms with Gasteiger partial charge >= 0.3 is 0 Å². The Labute approximate surface area is 105 Å². The van der Waals surface area contributed by atoms with Gasteiger partial charge in [0.15, 0.2) is 0 Å². The number of aryl methyl sites for hydroxylation is 2. The smallest absolute Gasteiger partial charge is 0.0181 e. The molecule has 0 radical (unpaired) electrons. The van der Waals surface area contributed by atoms with Crippen LogP contribution in [-0.4, -0.2) is 6.66 Å². The van der Waals surface area contributed by atoms with Crippen LogP contribution in [0.5, 0.6) is 0 Å². The Hall–Kier alpha value is -1.13. The van der Waals surface area contributed by atoms with Crippen LogP contribution in [-0.2, 0) is 12.8 Å². The molecule has 0 bridgehead atoms. The second-order valence-corrected chi connectivity index (χ2v) is 5.74. The van der Waals surface area contributed by atoms with Gasteiger partial charge in [-0.3, -0.25) is 0 Å². The minimum absolute atomic E-state index is 0.890. The van der Waals surface area contributed by atoms with Crippen molar-refractivity contribution in [3.05, 3.63) is 53.6 Å². The highest BCUT2D eigenvalue weighted by atomic mass is 31.1. The minimum atomic E-state index is 0.890. The van der Waals surface area contributed by atoms with Gasteiger partial charge in [-0.2, -0.15) is 0 Å². The van der Waals surface area contributed by atoms with Crippen molar-refractivity contribution in [2.24, 2.45) is 0 Å². The van der Waals surface area contributed by atoms with Crippen molar-refractivity contribution < 1.29 is 0 Å². The van der Waals surface area contributed by atoms with E-state index >= 15 is 0 Å². The summed E-state index contributed by atoms with van der Waals surface area (Å²) in [6.07, 6.45) is 3.86. The van der Waals surface area contributed by atoms with Gasteiger partial charge in [0.2, 0.25) is 0 Å². The Morgan fingerprint density at radius 1 is 0.824 bits per heavy atom. The summed E-state index contributed by atoms with van der Waals surface area (Å²) in [4.78, 5) is 0. The molecule has 3 rings (SSSR count). The molecule has 0 nitrogen and oxygen atoms in total. The van der Waals surface area contributed by atoms with E-state index in [1.807, 2.05) is 0 Å². The molecular formula is C16H17P. The number of benzene rings is 2. The molecule has 1 aliphatic carbocycles. The van der Waals surface area contributed by atoms with Gasteiger partial charge in [-0.15, -0.1) is 0 Å². The maximum absolute atomic E-state index is 2.38. The molecule has 1 aliphatic rings. The molecule has 0 N–H and O–H groups in total. The lowest BCUT2D eigenvalue weighted by molar-refractivity contribution is 0.912. The summed E-state index contributed by atoms with van der Waals surface area (Å²) in [5.41, 5.74) is 5.84. The zero-order chi connectivity index (χ0) is 11.7. The molecule has 0 saturated heterocycles. The largest absolute Gasteiger partial charge is 0.0936 e. The van der Waals surface area contributed by atoms with E-state index in [-0.39, 0.29) is 0 Å². The van der Waals surface area contributed by atoms with Crippen molar-refractivity contribution in [2.75, 3.05) is 6.66 Å². The van der Waals surface area contributed by atoms with Gasteiger partial charge in [-0.25, -0.2) is 0 Å². The van der Waals surface area contributed by atoms with E-state index in [1.54, 1.807) is 11.1 Å². The fraction of sp³-hybridized carbons (Fsp3) is 0.250. The predicted molar refractivity (Wildman–Crippen MR) is 77.8 cm³/mol. The summed E-state index contributed by atoms with van der Waals surface area (Å²) in [7, 11) is 0.890. The SMILES string of the molecule is CPc1ccc(-c2ccc3c(c2)CCC3)cc1. The third-order valence-corrected chi connectivity index (χ3v) is 4.52. The molecule has 2 aromatic carbocycles. The third-order valence-electron chi connectivity index (χ3n) is 3.61. The van der Waals surface area contributed by atoms with E-state index in [4.69, 9.17) is 0 Å². The first-order valence-corrected chi connectivity index (χ1v) is 7.77. The molecule has 17 heavy (non-hydrogen) atoms. The Morgan fingerprint density at radius 3 is 2.29 bits per heavy atom. The highest BCUT2D eigenvalue weighted by Gasteiger charge is 2.11. The van der Waals surface area contributed by atoms with Crippen molar-refractivity contribution in [1.82, 2.24) is 0 Å². The van der Waals surface area contributed by atoms with E-state index in [2.05, 4.69) is 49.1 Å². The fourth-order valence-electron chi connectivity index (χ4n) is 2.58. The van der Waals surface area contributed by atoms with E-state index in [0.29, 0.717) is 0 Å². The van der Waals surface area contributed by atoms with E-state index in [1.165, 1.54) is 35.7 Å². The van der Waals surface area contributed by atoms with Crippen molar-refractivity contribution >= 4 is 13.9 Å². The fourth-order valence-corrected chi connectivity index (χ4v) is 3.08. The molecule has 0 amide bonds. The van der Waals surface area contributed by atoms with Crippen molar-refractivity contribution in [1.29, 1.82) is 0 Å². The number of hydrogen-bond acceptors (Lipinski definition) is 0. The van der Waals surface area contributed by atoms with Gasteiger partial charge in [-0.1, -0.05) is 51.0 Å². The van der Waals surface area contributed by atoms with Crippen LogP contribution in [0.3, 0.4) is 0 Å². The Bertz CT molecular complexity index is 526. The second-order valence-electron chi connectivity index (χ2n) is 4.66. The molecular weight excluding hydrogens is 223 g/mol. The Balaban J connectivity index is 1.97. The molecule has 0 heterocycles. The molecule has 86 valence electrons. The van der Waals surface area contributed by atoms with Crippen LogP contribution < -0.4 is 5.30 Å². The van der Waals surface area contributed by atoms with Crippen molar-refractivity contribution in [2.45, 2.75) is 19.3 Å². The number of fused-ring (bicyclic) bond motifs is 1. The normalized spacial score (nSPS) is 14.4. The van der Waals surface area contributed by atoms with Crippen LogP contribution >= 0.6 is 8.58 Å². The van der Waals surface area contributed by atoms with E-state index in [0.717, 1.165) is 8.58 Å². The maximum atomic E-state index is 2.38. The maximum Gasteiger partial charge on any atom is -0.0181 e. The summed E-state index contributed by atoms with van der Waals surface area (Å²) in [5, 5.41) is 1.44. The molecule has 1 atom stereocenters. The average Bonchev–Trinajstić information content (AvgIpc) is 2.86. The van der Waals surface area contributed by atoms with Crippen LogP contribution in [0.1, 0.15) is 17.5 Å². The summed E-state index contributed by atoms with van der Waals surface area (Å²) in [6.45, 7) is 2.23. The van der Waals surface area contributed by atoms with Crippen LogP contribution in [0.4, 0.5) is 0 Å². The van der Waals surface area contributed by atoms with E-state index in [9.17, 15) is 0 Å². The topological polar surface area (TPSA) is 0 Å². The lowest BCUT2D eigenvalue weighted by Gasteiger charge is -2.06. The first-order chi connectivity index (χ1) is 8.36. The van der Waals surface area contributed by atoms with Crippen LogP contribution in [0, 0.1) is 0 Å². The van der Waals surface area contributed by atoms with Crippen molar-refractivity contribution in [3.63, 3.8) is 0 Å². The molecule has 0 fully saturated rings. The summed E-state index contributed by atoms with van der Waals surface area (Å²) >= 11 is 0. The molecule has 1 unspecified atom stereocenters. The molecule has 0 saturated carbocycles. The molecule has 2 aromatic rings. The summed E-state index contributed by atoms with van der Waals surface area (Å²) < 4.78 is 0. The molecule has 0 spiro atoms. The van der Waals surface area contributed by atoms with Gasteiger partial charge in [0, 0.05) is 0 Å². The van der Waals surface area contributed by atoms with Gasteiger partial charge in [-0.05, 0) is 53.5 Å². The number of hydrogen-bond donors (Lipinski definition) is 0. The molecule has 1 heteroatoms. The zero-order valence-corrected chi connectivity index (χ0v) is 11.2. The van der Waals surface area contributed by atoms with Gasteiger partial charge in [0.25, 0.3) is 0 Å². The zero-order valence-electron chi connectivity index (χ0n) is 10.2. The second kappa shape index (κ2) is 4.63. The van der Waals surface area contributed by atoms with Gasteiger partial charge in [0.05, 0.1) is 0 Å². The highest BCUT2D eigenvalue weighted by Crippen LogP contribution is 2.27. The third kappa shape index (κ3) is 2.15. The Morgan fingerprint density at radius 2 is 1.53 bits per heavy atom. The molecule has 0 aliphatic heterocycles. The monoisotopic (exact) mass is 240 g/mol. The van der Waals surface area contributed by atoms with E-state index < -0.39 is 0 Å². The standard InChI is InChI=1S/C16H17P/c1-17-16-9-7-13(8-10-16)15-6-5-12-3-2-4-14(12)11-15/h5-11,17H,2-4H2,1H3. The number of rotatable bonds is 2. The van der Waals surface area contributed by atoms with Crippen LogP contribution in [0.2, 0.25) is 0 Å². The van der Waals surface area contributed by atoms with Crippen LogP contribution in [0.25, 0.3) is 11.1 Å². The van der Waals surface area contributed by atoms with Crippen molar-refractivity contribution in [3.8, 4) is 11.1 Å². The first-order valence-electron chi connectivity index (χ1n) is 6.27. The highest BCUT2D eigenvalue weighted by molar-refractivity contribution is 7.46. The summed E-state index contributed by atoms with van der Waals surface area (Å²) in [5.74, 6) is 0. The van der Waals surface area contributed by atoms with Gasteiger partial charge < -0.3 is 0 Å². The van der Waals surface area contributed by atoms with Crippen LogP contribution in [0.15, 0.2) is 42.5 Å². The Kier molecular flexibility index (Phi) is 2.99. The lowest BCUT2D eigenvalue weighted by atomic mass is 10.0. The minimum Gasteiger partial charge on any atom is -0.0936 e. The molecule has 0 aromatic heterocycles. The first kappa shape index (κ1) is 11.0. The summed E-state index contributed by atoms with van der Waals surface area (Å²) in [6, 6.07) is 16.0. The van der Waals surface area contributed by atoms with Gasteiger partial charge in [0.1, 0.15) is 0 Å².